The molecule has 140 valence electrons. The van der Waals surface area contributed by atoms with Crippen LogP contribution in [-0.2, 0) is 11.3 Å². The summed E-state index contributed by atoms with van der Waals surface area (Å²) in [7, 11) is 3.32. The Bertz CT molecular complexity index is 767. The first-order valence-corrected chi connectivity index (χ1v) is 9.42. The predicted octanol–water partition coefficient (Wildman–Crippen LogP) is 6.33. The van der Waals surface area contributed by atoms with Crippen LogP contribution in [0.4, 0.5) is 4.39 Å². The summed E-state index contributed by atoms with van der Waals surface area (Å²) in [5.74, 6) is 0.880. The van der Waals surface area contributed by atoms with Crippen LogP contribution in [0.5, 0.6) is 5.75 Å². The molecule has 1 fully saturated rings. The van der Waals surface area contributed by atoms with Gasteiger partial charge >= 0.3 is 0 Å². The molecule has 0 aliphatic heterocycles. The van der Waals surface area contributed by atoms with E-state index in [0.717, 1.165) is 17.5 Å². The average molecular weight is 356 g/mol. The molecule has 3 heteroatoms. The molecule has 0 N–H and O–H groups in total. The van der Waals surface area contributed by atoms with Crippen molar-refractivity contribution >= 4 is 0 Å². The molecule has 2 aromatic rings. The summed E-state index contributed by atoms with van der Waals surface area (Å²) in [4.78, 5) is 0. The van der Waals surface area contributed by atoms with Gasteiger partial charge in [0, 0.05) is 12.7 Å². The van der Waals surface area contributed by atoms with E-state index in [9.17, 15) is 4.39 Å². The second-order valence-corrected chi connectivity index (χ2v) is 7.99. The third kappa shape index (κ3) is 3.78. The lowest BCUT2D eigenvalue weighted by Crippen LogP contribution is -2.26. The van der Waals surface area contributed by atoms with Crippen LogP contribution in [0.15, 0.2) is 36.4 Å². The highest BCUT2D eigenvalue weighted by Gasteiger charge is 2.35. The van der Waals surface area contributed by atoms with Crippen molar-refractivity contribution in [3.8, 4) is 16.9 Å². The van der Waals surface area contributed by atoms with Gasteiger partial charge in [0.25, 0.3) is 0 Å². The lowest BCUT2D eigenvalue weighted by molar-refractivity contribution is 0.183. The molecular formula is C23H29FO2. The smallest absolute Gasteiger partial charge is 0.131 e. The minimum absolute atomic E-state index is 0.202. The minimum Gasteiger partial charge on any atom is -0.497 e. The summed E-state index contributed by atoms with van der Waals surface area (Å²) in [5.41, 5.74) is 4.16. The van der Waals surface area contributed by atoms with Crippen LogP contribution in [0, 0.1) is 11.2 Å². The molecular weight excluding hydrogens is 327 g/mol. The van der Waals surface area contributed by atoms with Gasteiger partial charge in [-0.1, -0.05) is 44.9 Å². The summed E-state index contributed by atoms with van der Waals surface area (Å²) >= 11 is 0. The van der Waals surface area contributed by atoms with E-state index in [1.807, 2.05) is 12.1 Å². The molecule has 1 saturated carbocycles. The molecule has 2 nitrogen and oxygen atoms in total. The highest BCUT2D eigenvalue weighted by Crippen LogP contribution is 2.49. The Morgan fingerprint density at radius 3 is 2.54 bits per heavy atom. The molecule has 0 spiro atoms. The van der Waals surface area contributed by atoms with E-state index in [4.69, 9.17) is 9.47 Å². The normalized spacial score (nSPS) is 19.3. The van der Waals surface area contributed by atoms with E-state index < -0.39 is 0 Å². The van der Waals surface area contributed by atoms with Gasteiger partial charge < -0.3 is 9.47 Å². The number of methoxy groups -OCH3 is 2. The third-order valence-electron chi connectivity index (χ3n) is 5.77. The maximum Gasteiger partial charge on any atom is 0.131 e. The summed E-state index contributed by atoms with van der Waals surface area (Å²) in [6, 6.07) is 11.3. The molecule has 26 heavy (non-hydrogen) atoms. The van der Waals surface area contributed by atoms with Crippen LogP contribution < -0.4 is 4.74 Å². The van der Waals surface area contributed by atoms with Gasteiger partial charge in [0.05, 0.1) is 13.7 Å². The zero-order valence-electron chi connectivity index (χ0n) is 16.3. The summed E-state index contributed by atoms with van der Waals surface area (Å²) in [6.45, 7) is 5.25. The highest BCUT2D eigenvalue weighted by atomic mass is 19.1. The zero-order valence-corrected chi connectivity index (χ0v) is 16.3. The van der Waals surface area contributed by atoms with Crippen molar-refractivity contribution in [2.75, 3.05) is 14.2 Å². The van der Waals surface area contributed by atoms with Gasteiger partial charge in [-0.3, -0.25) is 0 Å². The summed E-state index contributed by atoms with van der Waals surface area (Å²) < 4.78 is 25.4. The number of hydrogen-bond acceptors (Lipinski definition) is 2. The number of rotatable bonds is 5. The van der Waals surface area contributed by atoms with E-state index in [1.54, 1.807) is 26.4 Å². The molecule has 0 bridgehead atoms. The minimum atomic E-state index is -0.208. The van der Waals surface area contributed by atoms with Crippen molar-refractivity contribution in [1.29, 1.82) is 0 Å². The first-order valence-electron chi connectivity index (χ1n) is 9.42. The number of ether oxygens (including phenoxy) is 2. The van der Waals surface area contributed by atoms with Gasteiger partial charge in [0.1, 0.15) is 11.6 Å². The molecule has 1 unspecified atom stereocenters. The summed E-state index contributed by atoms with van der Waals surface area (Å²) in [6.07, 6.45) is 4.83. The van der Waals surface area contributed by atoms with E-state index in [0.29, 0.717) is 23.8 Å². The maximum atomic E-state index is 14.7. The second kappa shape index (κ2) is 7.79. The molecule has 3 rings (SSSR count). The SMILES string of the molecule is COCc1ccc(-c2cc(OC)ccc2F)c(C2CCCCC2(C)C)c1. The quantitative estimate of drug-likeness (QED) is 0.623. The van der Waals surface area contributed by atoms with Gasteiger partial charge in [0.2, 0.25) is 0 Å². The predicted molar refractivity (Wildman–Crippen MR) is 104 cm³/mol. The fraction of sp³-hybridized carbons (Fsp3) is 0.478. The number of halogens is 1. The number of benzene rings is 2. The van der Waals surface area contributed by atoms with Gasteiger partial charge in [-0.25, -0.2) is 4.39 Å². The van der Waals surface area contributed by atoms with Crippen molar-refractivity contribution in [3.05, 3.63) is 53.3 Å². The van der Waals surface area contributed by atoms with Crippen LogP contribution >= 0.6 is 0 Å². The highest BCUT2D eigenvalue weighted by molar-refractivity contribution is 5.71. The van der Waals surface area contributed by atoms with E-state index in [1.165, 1.54) is 30.9 Å². The van der Waals surface area contributed by atoms with Crippen LogP contribution in [-0.4, -0.2) is 14.2 Å². The first-order chi connectivity index (χ1) is 12.5. The fourth-order valence-corrected chi connectivity index (χ4v) is 4.31. The fourth-order valence-electron chi connectivity index (χ4n) is 4.31. The molecule has 0 radical (unpaired) electrons. The van der Waals surface area contributed by atoms with E-state index >= 15 is 0 Å². The van der Waals surface area contributed by atoms with Gasteiger partial charge in [-0.15, -0.1) is 0 Å². The van der Waals surface area contributed by atoms with E-state index in [2.05, 4.69) is 19.9 Å². The standard InChI is InChI=1S/C23H29FO2/c1-23(2)12-6-5-7-21(23)19-13-16(15-25-3)8-10-18(19)20-14-17(26-4)9-11-22(20)24/h8-11,13-14,21H,5-7,12,15H2,1-4H3. The van der Waals surface area contributed by atoms with Gasteiger partial charge in [0.15, 0.2) is 0 Å². The Labute approximate surface area is 156 Å². The first kappa shape index (κ1) is 18.9. The van der Waals surface area contributed by atoms with Crippen molar-refractivity contribution in [1.82, 2.24) is 0 Å². The second-order valence-electron chi connectivity index (χ2n) is 7.99. The summed E-state index contributed by atoms with van der Waals surface area (Å²) in [5, 5.41) is 0. The molecule has 1 atom stereocenters. The van der Waals surface area contributed by atoms with Crippen LogP contribution in [0.3, 0.4) is 0 Å². The monoisotopic (exact) mass is 356 g/mol. The molecule has 0 aromatic heterocycles. The van der Waals surface area contributed by atoms with Crippen LogP contribution in [0.2, 0.25) is 0 Å². The molecule has 2 aromatic carbocycles. The van der Waals surface area contributed by atoms with Crippen LogP contribution in [0.1, 0.15) is 56.6 Å². The third-order valence-corrected chi connectivity index (χ3v) is 5.77. The Morgan fingerprint density at radius 2 is 1.85 bits per heavy atom. The van der Waals surface area contributed by atoms with Gasteiger partial charge in [-0.05, 0) is 59.1 Å². The Kier molecular flexibility index (Phi) is 5.67. The van der Waals surface area contributed by atoms with Crippen LogP contribution in [0.25, 0.3) is 11.1 Å². The van der Waals surface area contributed by atoms with Crippen molar-refractivity contribution in [2.24, 2.45) is 5.41 Å². The van der Waals surface area contributed by atoms with Crippen molar-refractivity contribution in [3.63, 3.8) is 0 Å². The lowest BCUT2D eigenvalue weighted by Gasteiger charge is -2.40. The molecule has 0 saturated heterocycles. The molecule has 1 aliphatic carbocycles. The van der Waals surface area contributed by atoms with Gasteiger partial charge in [-0.2, -0.15) is 0 Å². The van der Waals surface area contributed by atoms with Crippen molar-refractivity contribution < 1.29 is 13.9 Å². The molecule has 0 heterocycles. The molecule has 1 aliphatic rings. The Balaban J connectivity index is 2.16. The van der Waals surface area contributed by atoms with E-state index in [-0.39, 0.29) is 11.2 Å². The Morgan fingerprint density at radius 1 is 1.04 bits per heavy atom. The molecule has 0 amide bonds. The largest absolute Gasteiger partial charge is 0.497 e. The lowest BCUT2D eigenvalue weighted by atomic mass is 9.65. The zero-order chi connectivity index (χ0) is 18.7. The Hall–Kier alpha value is -1.87. The van der Waals surface area contributed by atoms with Crippen molar-refractivity contribution in [2.45, 2.75) is 52.1 Å². The topological polar surface area (TPSA) is 18.5 Å². The average Bonchev–Trinajstić information content (AvgIpc) is 2.62. The number of hydrogen-bond donors (Lipinski definition) is 0. The maximum absolute atomic E-state index is 14.7.